The number of benzene rings is 1. The fourth-order valence-corrected chi connectivity index (χ4v) is 3.67. The van der Waals surface area contributed by atoms with Crippen molar-refractivity contribution < 1.29 is 22.7 Å². The molecule has 1 aromatic carbocycles. The van der Waals surface area contributed by atoms with Crippen LogP contribution in [-0.4, -0.2) is 26.1 Å². The first kappa shape index (κ1) is 17.9. The molecule has 0 radical (unpaired) electrons. The number of nitrogens with one attached hydrogen (secondary N) is 2. The van der Waals surface area contributed by atoms with E-state index in [4.69, 9.17) is 4.74 Å². The van der Waals surface area contributed by atoms with Crippen molar-refractivity contribution in [1.29, 1.82) is 0 Å². The van der Waals surface area contributed by atoms with Crippen LogP contribution in [0, 0.1) is 17.2 Å². The molecule has 0 aliphatic heterocycles. The molecule has 0 unspecified atom stereocenters. The number of amides is 2. The average Bonchev–Trinajstić information content (AvgIpc) is 3.36. The van der Waals surface area contributed by atoms with Gasteiger partial charge in [0.15, 0.2) is 11.6 Å². The van der Waals surface area contributed by atoms with E-state index in [9.17, 15) is 18.0 Å². The normalized spacial score (nSPS) is 19.9. The molecule has 3 rings (SSSR count). The molecule has 0 spiro atoms. The van der Waals surface area contributed by atoms with Crippen molar-refractivity contribution >= 4 is 6.03 Å². The van der Waals surface area contributed by atoms with Crippen LogP contribution in [0.15, 0.2) is 18.2 Å². The quantitative estimate of drug-likeness (QED) is 0.775. The van der Waals surface area contributed by atoms with Gasteiger partial charge in [0.2, 0.25) is 0 Å². The van der Waals surface area contributed by atoms with Gasteiger partial charge in [0, 0.05) is 6.54 Å². The van der Waals surface area contributed by atoms with E-state index in [1.807, 2.05) is 0 Å². The molecule has 7 heteroatoms. The first-order valence-electron chi connectivity index (χ1n) is 8.61. The van der Waals surface area contributed by atoms with Gasteiger partial charge in [-0.1, -0.05) is 12.5 Å². The van der Waals surface area contributed by atoms with E-state index in [2.05, 4.69) is 10.6 Å². The lowest BCUT2D eigenvalue weighted by atomic mass is 9.65. The van der Waals surface area contributed by atoms with E-state index in [-0.39, 0.29) is 16.7 Å². The highest BCUT2D eigenvalue weighted by Crippen LogP contribution is 2.56. The van der Waals surface area contributed by atoms with Crippen LogP contribution < -0.4 is 15.4 Å². The minimum absolute atomic E-state index is 0.00370. The molecule has 138 valence electrons. The monoisotopic (exact) mass is 356 g/mol. The number of halogens is 3. The summed E-state index contributed by atoms with van der Waals surface area (Å²) in [6, 6.07) is 1.35. The Balaban J connectivity index is 1.61. The topological polar surface area (TPSA) is 50.4 Å². The van der Waals surface area contributed by atoms with Crippen LogP contribution in [0.3, 0.4) is 0 Å². The van der Waals surface area contributed by atoms with Gasteiger partial charge in [0.05, 0.1) is 7.11 Å². The Bertz CT molecular complexity index is 631. The van der Waals surface area contributed by atoms with Gasteiger partial charge in [-0.15, -0.1) is 0 Å². The number of urea groups is 1. The molecular formula is C18H23F3N2O2. The number of carbonyl (C=O) groups excluding carboxylic acids is 1. The van der Waals surface area contributed by atoms with Crippen molar-refractivity contribution in [2.24, 2.45) is 11.3 Å². The SMILES string of the molecule is COc1ccc([C@H](NC(=O)NCC2(C3CC3)CCC2)C(F)F)cc1F. The molecule has 0 aromatic heterocycles. The van der Waals surface area contributed by atoms with Crippen LogP contribution in [0.5, 0.6) is 5.75 Å². The second-order valence-corrected chi connectivity index (χ2v) is 7.02. The highest BCUT2D eigenvalue weighted by Gasteiger charge is 2.49. The van der Waals surface area contributed by atoms with Crippen molar-refractivity contribution in [3.63, 3.8) is 0 Å². The van der Waals surface area contributed by atoms with Gasteiger partial charge >= 0.3 is 6.03 Å². The first-order chi connectivity index (χ1) is 11.9. The fourth-order valence-electron chi connectivity index (χ4n) is 3.67. The molecule has 4 nitrogen and oxygen atoms in total. The summed E-state index contributed by atoms with van der Waals surface area (Å²) < 4.78 is 45.3. The molecule has 0 heterocycles. The number of hydrogen-bond acceptors (Lipinski definition) is 2. The van der Waals surface area contributed by atoms with E-state index in [1.54, 1.807) is 0 Å². The summed E-state index contributed by atoms with van der Waals surface area (Å²) in [6.45, 7) is 0.510. The van der Waals surface area contributed by atoms with Crippen LogP contribution in [0.4, 0.5) is 18.0 Å². The molecule has 2 N–H and O–H groups in total. The predicted octanol–water partition coefficient (Wildman–Crippen LogP) is 4.02. The highest BCUT2D eigenvalue weighted by molar-refractivity contribution is 5.74. The molecule has 2 aliphatic carbocycles. The van der Waals surface area contributed by atoms with Gasteiger partial charge in [-0.2, -0.15) is 0 Å². The van der Waals surface area contributed by atoms with E-state index in [0.717, 1.165) is 25.3 Å². The molecule has 25 heavy (non-hydrogen) atoms. The molecule has 0 saturated heterocycles. The minimum Gasteiger partial charge on any atom is -0.494 e. The second kappa shape index (κ2) is 7.14. The zero-order valence-electron chi connectivity index (χ0n) is 14.2. The lowest BCUT2D eigenvalue weighted by molar-refractivity contribution is 0.0920. The lowest BCUT2D eigenvalue weighted by Crippen LogP contribution is -2.48. The lowest BCUT2D eigenvalue weighted by Gasteiger charge is -2.42. The third kappa shape index (κ3) is 3.85. The summed E-state index contributed by atoms with van der Waals surface area (Å²) >= 11 is 0. The van der Waals surface area contributed by atoms with Crippen LogP contribution in [0.25, 0.3) is 0 Å². The Labute approximate surface area is 145 Å². The average molecular weight is 356 g/mol. The summed E-state index contributed by atoms with van der Waals surface area (Å²) in [5.41, 5.74) is 0.160. The predicted molar refractivity (Wildman–Crippen MR) is 87.2 cm³/mol. The summed E-state index contributed by atoms with van der Waals surface area (Å²) in [4.78, 5) is 12.1. The zero-order valence-corrected chi connectivity index (χ0v) is 14.2. The Kier molecular flexibility index (Phi) is 5.11. The third-order valence-electron chi connectivity index (χ3n) is 5.47. The van der Waals surface area contributed by atoms with Crippen LogP contribution in [-0.2, 0) is 0 Å². The molecule has 2 aliphatic rings. The number of hydrogen-bond donors (Lipinski definition) is 2. The maximum Gasteiger partial charge on any atom is 0.315 e. The molecular weight excluding hydrogens is 333 g/mol. The Morgan fingerprint density at radius 1 is 1.36 bits per heavy atom. The Morgan fingerprint density at radius 3 is 2.56 bits per heavy atom. The zero-order chi connectivity index (χ0) is 18.0. The highest BCUT2D eigenvalue weighted by atomic mass is 19.3. The van der Waals surface area contributed by atoms with Crippen LogP contribution in [0.1, 0.15) is 43.7 Å². The smallest absolute Gasteiger partial charge is 0.315 e. The van der Waals surface area contributed by atoms with E-state index >= 15 is 0 Å². The summed E-state index contributed by atoms with van der Waals surface area (Å²) in [7, 11) is 1.30. The van der Waals surface area contributed by atoms with Crippen molar-refractivity contribution in [1.82, 2.24) is 10.6 Å². The van der Waals surface area contributed by atoms with Gasteiger partial charge in [-0.05, 0) is 54.7 Å². The molecule has 2 fully saturated rings. The van der Waals surface area contributed by atoms with Gasteiger partial charge in [-0.25, -0.2) is 18.0 Å². The standard InChI is InChI=1S/C18H23F3N2O2/c1-25-14-6-3-11(9-13(14)19)15(16(20)21)23-17(24)22-10-18(7-2-8-18)12-4-5-12/h3,6,9,12,15-16H,2,4-5,7-8,10H2,1H3,(H2,22,23,24)/t15-/m0/s1. The van der Waals surface area contributed by atoms with Crippen molar-refractivity contribution in [3.05, 3.63) is 29.6 Å². The van der Waals surface area contributed by atoms with Crippen LogP contribution >= 0.6 is 0 Å². The largest absolute Gasteiger partial charge is 0.494 e. The van der Waals surface area contributed by atoms with Gasteiger partial charge in [0.1, 0.15) is 6.04 Å². The fraction of sp³-hybridized carbons (Fsp3) is 0.611. The van der Waals surface area contributed by atoms with Gasteiger partial charge in [-0.3, -0.25) is 0 Å². The summed E-state index contributed by atoms with van der Waals surface area (Å²) in [6.07, 6.45) is 2.85. The maximum absolute atomic E-state index is 13.8. The van der Waals surface area contributed by atoms with E-state index < -0.39 is 24.3 Å². The molecule has 2 amide bonds. The van der Waals surface area contributed by atoms with Crippen molar-refractivity contribution in [3.8, 4) is 5.75 Å². The molecule has 0 bridgehead atoms. The van der Waals surface area contributed by atoms with Gasteiger partial charge < -0.3 is 15.4 Å². The van der Waals surface area contributed by atoms with E-state index in [0.29, 0.717) is 12.5 Å². The van der Waals surface area contributed by atoms with Crippen LogP contribution in [0.2, 0.25) is 0 Å². The number of methoxy groups -OCH3 is 1. The van der Waals surface area contributed by atoms with Crippen molar-refractivity contribution in [2.75, 3.05) is 13.7 Å². The Hall–Kier alpha value is -1.92. The second-order valence-electron chi connectivity index (χ2n) is 7.02. The Morgan fingerprint density at radius 2 is 2.08 bits per heavy atom. The first-order valence-corrected chi connectivity index (χ1v) is 8.61. The molecule has 2 saturated carbocycles. The minimum atomic E-state index is -2.85. The number of alkyl halides is 2. The van der Waals surface area contributed by atoms with E-state index in [1.165, 1.54) is 32.1 Å². The maximum atomic E-state index is 13.8. The molecule has 1 atom stereocenters. The molecule has 1 aromatic rings. The third-order valence-corrected chi connectivity index (χ3v) is 5.47. The van der Waals surface area contributed by atoms with Crippen molar-refractivity contribution in [2.45, 2.75) is 44.6 Å². The van der Waals surface area contributed by atoms with Gasteiger partial charge in [0.25, 0.3) is 6.43 Å². The number of rotatable bonds is 7. The summed E-state index contributed by atoms with van der Waals surface area (Å²) in [5.74, 6) is -0.115. The number of ether oxygens (including phenoxy) is 1. The summed E-state index contributed by atoms with van der Waals surface area (Å²) in [5, 5.41) is 5.01. The number of carbonyl (C=O) groups is 1.